The maximum atomic E-state index is 12.2. The summed E-state index contributed by atoms with van der Waals surface area (Å²) in [6, 6.07) is 5.50. The lowest BCUT2D eigenvalue weighted by Crippen LogP contribution is -1.87. The molecular weight excluding hydrogens is 137 g/mol. The molecule has 1 aromatic rings. The molecule has 0 amide bonds. The quantitative estimate of drug-likeness (QED) is 0.438. The first kappa shape index (κ1) is 6.67. The highest BCUT2D eigenvalue weighted by Gasteiger charge is 2.04. The molecule has 0 unspecified atom stereocenters. The van der Waals surface area contributed by atoms with E-state index in [1.807, 2.05) is 6.07 Å². The van der Waals surface area contributed by atoms with Gasteiger partial charge in [0.25, 0.3) is 5.69 Å². The minimum atomic E-state index is -0.714. The summed E-state index contributed by atoms with van der Waals surface area (Å²) in [5.41, 5.74) is -0.347. The van der Waals surface area contributed by atoms with E-state index in [0.717, 1.165) is 6.07 Å². The van der Waals surface area contributed by atoms with Gasteiger partial charge in [-0.3, -0.25) is 10.1 Å². The van der Waals surface area contributed by atoms with Crippen LogP contribution in [-0.4, -0.2) is 4.92 Å². The third kappa shape index (κ3) is 1.28. The van der Waals surface area contributed by atoms with E-state index in [1.165, 1.54) is 12.1 Å². The van der Waals surface area contributed by atoms with Gasteiger partial charge in [0.15, 0.2) is 0 Å². The number of halogens is 1. The number of nitro benzene ring substituents is 1. The molecule has 51 valence electrons. The summed E-state index contributed by atoms with van der Waals surface area (Å²) in [7, 11) is 0. The number of hydrogen-bond donors (Lipinski definition) is 0. The predicted molar refractivity (Wildman–Crippen MR) is 31.9 cm³/mol. The molecule has 1 rings (SSSR count). The van der Waals surface area contributed by atoms with Crippen LogP contribution in [0, 0.1) is 22.0 Å². The van der Waals surface area contributed by atoms with Crippen LogP contribution in [0.3, 0.4) is 0 Å². The Balaban J connectivity index is 3.07. The van der Waals surface area contributed by atoms with Crippen molar-refractivity contribution in [3.63, 3.8) is 0 Å². The Kier molecular flexibility index (Phi) is 1.62. The number of non-ortho nitro benzene ring substituents is 1. The number of rotatable bonds is 1. The van der Waals surface area contributed by atoms with E-state index in [1.54, 1.807) is 0 Å². The van der Waals surface area contributed by atoms with E-state index in [0.29, 0.717) is 0 Å². The van der Waals surface area contributed by atoms with Crippen LogP contribution in [0.2, 0.25) is 0 Å². The van der Waals surface area contributed by atoms with Crippen molar-refractivity contribution in [3.8, 4) is 0 Å². The second kappa shape index (κ2) is 2.43. The van der Waals surface area contributed by atoms with Gasteiger partial charge in [-0.2, -0.15) is 0 Å². The lowest BCUT2D eigenvalue weighted by Gasteiger charge is -1.87. The van der Waals surface area contributed by atoms with Crippen LogP contribution in [0.4, 0.5) is 10.1 Å². The normalized spacial score (nSPS) is 9.30. The Bertz CT molecular complexity index is 262. The lowest BCUT2D eigenvalue weighted by molar-refractivity contribution is -0.385. The van der Waals surface area contributed by atoms with E-state index in [2.05, 4.69) is 0 Å². The molecule has 0 spiro atoms. The van der Waals surface area contributed by atoms with Crippen molar-refractivity contribution in [1.82, 2.24) is 0 Å². The molecule has 0 heterocycles. The predicted octanol–water partition coefficient (Wildman–Crippen LogP) is 1.53. The van der Waals surface area contributed by atoms with Gasteiger partial charge in [0.05, 0.1) is 4.92 Å². The summed E-state index contributed by atoms with van der Waals surface area (Å²) in [6.45, 7) is 0. The molecule has 1 radical (unpaired) electrons. The maximum absolute atomic E-state index is 12.2. The van der Waals surface area contributed by atoms with E-state index in [9.17, 15) is 14.5 Å². The molecule has 4 heteroatoms. The molecule has 0 aliphatic rings. The third-order valence-electron chi connectivity index (χ3n) is 0.941. The molecule has 10 heavy (non-hydrogen) atoms. The van der Waals surface area contributed by atoms with Gasteiger partial charge in [-0.15, -0.1) is 0 Å². The Morgan fingerprint density at radius 2 is 2.30 bits per heavy atom. The zero-order chi connectivity index (χ0) is 7.56. The van der Waals surface area contributed by atoms with Gasteiger partial charge in [-0.25, -0.2) is 4.39 Å². The van der Waals surface area contributed by atoms with Gasteiger partial charge in [0.2, 0.25) is 0 Å². The molecule has 1 aromatic carbocycles. The van der Waals surface area contributed by atoms with Crippen LogP contribution in [0.25, 0.3) is 0 Å². The smallest absolute Gasteiger partial charge is 0.258 e. The van der Waals surface area contributed by atoms with Crippen molar-refractivity contribution in [2.24, 2.45) is 0 Å². The lowest BCUT2D eigenvalue weighted by atomic mass is 10.3. The summed E-state index contributed by atoms with van der Waals surface area (Å²) in [4.78, 5) is 9.27. The first-order valence-electron chi connectivity index (χ1n) is 2.52. The highest BCUT2D eigenvalue weighted by atomic mass is 19.1. The van der Waals surface area contributed by atoms with Gasteiger partial charge < -0.3 is 0 Å². The van der Waals surface area contributed by atoms with Crippen LogP contribution >= 0.6 is 0 Å². The monoisotopic (exact) mass is 140 g/mol. The molecule has 0 aliphatic carbocycles. The van der Waals surface area contributed by atoms with Crippen LogP contribution in [0.15, 0.2) is 18.2 Å². The largest absolute Gasteiger partial charge is 0.280 e. The number of benzene rings is 1. The van der Waals surface area contributed by atoms with Crippen molar-refractivity contribution in [2.45, 2.75) is 0 Å². The van der Waals surface area contributed by atoms with Crippen molar-refractivity contribution < 1.29 is 9.31 Å². The second-order valence-corrected chi connectivity index (χ2v) is 1.64. The minimum absolute atomic E-state index is 0.347. The van der Waals surface area contributed by atoms with Gasteiger partial charge in [-0.1, -0.05) is 6.07 Å². The molecule has 0 fully saturated rings. The van der Waals surface area contributed by atoms with Gasteiger partial charge in [-0.05, 0) is 6.07 Å². The summed E-state index contributed by atoms with van der Waals surface area (Å²) in [6.07, 6.45) is 0. The summed E-state index contributed by atoms with van der Waals surface area (Å²) < 4.78 is 12.2. The molecule has 0 atom stereocenters. The fourth-order valence-corrected chi connectivity index (χ4v) is 0.536. The van der Waals surface area contributed by atoms with Crippen molar-refractivity contribution in [2.75, 3.05) is 0 Å². The number of nitro groups is 1. The standard InChI is InChI=1S/C6H3FNO2/c7-5-2-1-3-6(4-5)8(9)10/h1-3H. The minimum Gasteiger partial charge on any atom is -0.258 e. The van der Waals surface area contributed by atoms with Crippen LogP contribution in [0.5, 0.6) is 0 Å². The Morgan fingerprint density at radius 3 is 2.70 bits per heavy atom. The molecule has 0 saturated heterocycles. The highest BCUT2D eigenvalue weighted by molar-refractivity contribution is 5.27. The summed E-state index contributed by atoms with van der Waals surface area (Å²) in [5.74, 6) is -0.714. The molecule has 3 nitrogen and oxygen atoms in total. The van der Waals surface area contributed by atoms with E-state index >= 15 is 0 Å². The molecular formula is C6H3FNO2. The average molecular weight is 140 g/mol. The fraction of sp³-hybridized carbons (Fsp3) is 0. The summed E-state index contributed by atoms with van der Waals surface area (Å²) in [5, 5.41) is 9.96. The highest BCUT2D eigenvalue weighted by Crippen LogP contribution is 2.09. The van der Waals surface area contributed by atoms with Gasteiger partial charge >= 0.3 is 0 Å². The van der Waals surface area contributed by atoms with Crippen molar-refractivity contribution >= 4 is 5.69 Å². The molecule has 0 saturated carbocycles. The maximum Gasteiger partial charge on any atom is 0.280 e. The Morgan fingerprint density at radius 1 is 1.60 bits per heavy atom. The van der Waals surface area contributed by atoms with Crippen molar-refractivity contribution in [3.05, 3.63) is 40.2 Å². The van der Waals surface area contributed by atoms with Gasteiger partial charge in [0.1, 0.15) is 11.9 Å². The Labute approximate surface area is 56.2 Å². The van der Waals surface area contributed by atoms with Crippen LogP contribution in [0.1, 0.15) is 0 Å². The zero-order valence-electron chi connectivity index (χ0n) is 4.87. The van der Waals surface area contributed by atoms with E-state index < -0.39 is 10.7 Å². The average Bonchev–Trinajstić information content (AvgIpc) is 1.88. The zero-order valence-corrected chi connectivity index (χ0v) is 4.87. The van der Waals surface area contributed by atoms with Crippen molar-refractivity contribution in [1.29, 1.82) is 0 Å². The molecule has 0 N–H and O–H groups in total. The number of nitrogens with zero attached hydrogens (tertiary/aromatic N) is 1. The number of hydrogen-bond acceptors (Lipinski definition) is 2. The SMILES string of the molecule is O=[N+]([O-])c1[c]c(F)ccc1. The first-order valence-corrected chi connectivity index (χ1v) is 2.52. The topological polar surface area (TPSA) is 43.1 Å². The fourth-order valence-electron chi connectivity index (χ4n) is 0.536. The summed E-state index contributed by atoms with van der Waals surface area (Å²) >= 11 is 0. The van der Waals surface area contributed by atoms with E-state index in [4.69, 9.17) is 0 Å². The third-order valence-corrected chi connectivity index (χ3v) is 0.941. The van der Waals surface area contributed by atoms with Crippen LogP contribution < -0.4 is 0 Å². The van der Waals surface area contributed by atoms with Crippen LogP contribution in [-0.2, 0) is 0 Å². The Hall–Kier alpha value is -1.45. The molecule has 0 aliphatic heterocycles. The molecule has 0 aromatic heterocycles. The molecule has 0 bridgehead atoms. The van der Waals surface area contributed by atoms with Gasteiger partial charge in [0, 0.05) is 6.07 Å². The first-order chi connectivity index (χ1) is 4.70. The second-order valence-electron chi connectivity index (χ2n) is 1.64. The van der Waals surface area contributed by atoms with E-state index in [-0.39, 0.29) is 5.69 Å².